The molecular formula is C20H20F4N6. The largest absolute Gasteiger partial charge is 0.416 e. The molecule has 0 saturated heterocycles. The fraction of sp³-hybridized carbons (Fsp3) is 0.250. The van der Waals surface area contributed by atoms with E-state index in [1.54, 1.807) is 29.5 Å². The molecule has 30 heavy (non-hydrogen) atoms. The first-order chi connectivity index (χ1) is 14.4. The van der Waals surface area contributed by atoms with E-state index in [0.29, 0.717) is 24.4 Å². The number of halogens is 4. The lowest BCUT2D eigenvalue weighted by Crippen LogP contribution is -2.37. The number of rotatable bonds is 6. The van der Waals surface area contributed by atoms with Gasteiger partial charge in [-0.3, -0.25) is 4.57 Å². The number of imidazole rings is 1. The van der Waals surface area contributed by atoms with E-state index in [-0.39, 0.29) is 18.7 Å². The molecule has 3 aromatic rings. The maximum Gasteiger partial charge on any atom is 0.416 e. The monoisotopic (exact) mass is 420 g/mol. The van der Waals surface area contributed by atoms with Crippen molar-refractivity contribution in [2.24, 2.45) is 4.99 Å². The van der Waals surface area contributed by atoms with Crippen molar-refractivity contribution in [1.82, 2.24) is 25.2 Å². The first-order valence-electron chi connectivity index (χ1n) is 9.18. The molecule has 0 unspecified atom stereocenters. The lowest BCUT2D eigenvalue weighted by atomic mass is 10.1. The van der Waals surface area contributed by atoms with Gasteiger partial charge in [-0.15, -0.1) is 0 Å². The second-order valence-electron chi connectivity index (χ2n) is 6.34. The van der Waals surface area contributed by atoms with Crippen LogP contribution in [0.3, 0.4) is 0 Å². The number of guanidine groups is 1. The highest BCUT2D eigenvalue weighted by molar-refractivity contribution is 5.79. The van der Waals surface area contributed by atoms with Crippen molar-refractivity contribution in [1.29, 1.82) is 0 Å². The van der Waals surface area contributed by atoms with Crippen LogP contribution in [0.25, 0.3) is 5.82 Å². The van der Waals surface area contributed by atoms with E-state index in [2.05, 4.69) is 25.6 Å². The van der Waals surface area contributed by atoms with Crippen LogP contribution in [0.15, 0.2) is 60.2 Å². The highest BCUT2D eigenvalue weighted by Crippen LogP contribution is 2.32. The van der Waals surface area contributed by atoms with Crippen molar-refractivity contribution >= 4 is 5.96 Å². The number of hydrogen-bond donors (Lipinski definition) is 2. The molecule has 158 valence electrons. The molecule has 2 aromatic heterocycles. The number of nitrogens with zero attached hydrogens (tertiary/aromatic N) is 4. The van der Waals surface area contributed by atoms with Gasteiger partial charge in [-0.25, -0.2) is 19.4 Å². The lowest BCUT2D eigenvalue weighted by Gasteiger charge is -2.16. The zero-order chi connectivity index (χ0) is 21.6. The molecule has 6 nitrogen and oxygen atoms in total. The molecule has 0 aliphatic carbocycles. The quantitative estimate of drug-likeness (QED) is 0.363. The third-order valence-electron chi connectivity index (χ3n) is 4.17. The van der Waals surface area contributed by atoms with Crippen LogP contribution in [-0.4, -0.2) is 27.0 Å². The molecule has 0 aliphatic rings. The molecule has 0 aliphatic heterocycles. The van der Waals surface area contributed by atoms with Gasteiger partial charge in [0.1, 0.15) is 18.0 Å². The maximum absolute atomic E-state index is 13.3. The Morgan fingerprint density at radius 1 is 1.17 bits per heavy atom. The number of alkyl halides is 3. The minimum absolute atomic E-state index is 0.0687. The van der Waals surface area contributed by atoms with Crippen LogP contribution in [0.2, 0.25) is 0 Å². The van der Waals surface area contributed by atoms with Crippen LogP contribution in [0.5, 0.6) is 0 Å². The summed E-state index contributed by atoms with van der Waals surface area (Å²) in [6.07, 6.45) is 2.09. The second kappa shape index (κ2) is 9.38. The van der Waals surface area contributed by atoms with Gasteiger partial charge in [0.25, 0.3) is 0 Å². The van der Waals surface area contributed by atoms with E-state index >= 15 is 0 Å². The summed E-state index contributed by atoms with van der Waals surface area (Å²) in [6, 6.07) is 6.30. The molecule has 3 rings (SSSR count). The third kappa shape index (κ3) is 5.56. The van der Waals surface area contributed by atoms with Gasteiger partial charge < -0.3 is 10.6 Å². The lowest BCUT2D eigenvalue weighted by molar-refractivity contribution is -0.138. The second-order valence-corrected chi connectivity index (χ2v) is 6.34. The smallest absolute Gasteiger partial charge is 0.357 e. The Balaban J connectivity index is 1.68. The summed E-state index contributed by atoms with van der Waals surface area (Å²) >= 11 is 0. The Labute approximate surface area is 170 Å². The minimum atomic E-state index is -4.64. The van der Waals surface area contributed by atoms with Gasteiger partial charge in [0.15, 0.2) is 5.96 Å². The zero-order valence-electron chi connectivity index (χ0n) is 16.1. The average Bonchev–Trinajstić information content (AvgIpc) is 3.25. The van der Waals surface area contributed by atoms with Crippen molar-refractivity contribution in [2.45, 2.75) is 26.2 Å². The predicted molar refractivity (Wildman–Crippen MR) is 104 cm³/mol. The highest BCUT2D eigenvalue weighted by Gasteiger charge is 2.33. The Morgan fingerprint density at radius 2 is 2.00 bits per heavy atom. The fourth-order valence-electron chi connectivity index (χ4n) is 2.72. The maximum atomic E-state index is 13.3. The fourth-order valence-corrected chi connectivity index (χ4v) is 2.72. The van der Waals surface area contributed by atoms with Crippen LogP contribution < -0.4 is 10.6 Å². The predicted octanol–water partition coefficient (Wildman–Crippen LogP) is 3.68. The number of nitrogens with one attached hydrogen (secondary N) is 2. The number of hydrogen-bond acceptors (Lipinski definition) is 3. The van der Waals surface area contributed by atoms with E-state index in [0.717, 1.165) is 17.7 Å². The van der Waals surface area contributed by atoms with Gasteiger partial charge in [-0.2, -0.15) is 13.2 Å². The van der Waals surface area contributed by atoms with Gasteiger partial charge in [-0.05, 0) is 36.2 Å². The van der Waals surface area contributed by atoms with Crippen molar-refractivity contribution in [2.75, 3.05) is 6.54 Å². The van der Waals surface area contributed by atoms with Crippen LogP contribution in [0, 0.1) is 5.82 Å². The van der Waals surface area contributed by atoms with Crippen molar-refractivity contribution in [3.63, 3.8) is 0 Å². The average molecular weight is 420 g/mol. The molecule has 10 heteroatoms. The molecule has 0 atom stereocenters. The topological polar surface area (TPSA) is 67.1 Å². The highest BCUT2D eigenvalue weighted by atomic mass is 19.4. The van der Waals surface area contributed by atoms with Crippen molar-refractivity contribution < 1.29 is 17.6 Å². The summed E-state index contributed by atoms with van der Waals surface area (Å²) in [7, 11) is 0. The molecule has 2 heterocycles. The summed E-state index contributed by atoms with van der Waals surface area (Å²) in [5.74, 6) is 0.119. The van der Waals surface area contributed by atoms with Crippen LogP contribution in [0.4, 0.5) is 17.6 Å². The molecule has 0 spiro atoms. The van der Waals surface area contributed by atoms with E-state index < -0.39 is 17.6 Å². The summed E-state index contributed by atoms with van der Waals surface area (Å²) in [4.78, 5) is 12.7. The summed E-state index contributed by atoms with van der Waals surface area (Å²) in [5.41, 5.74) is -0.250. The van der Waals surface area contributed by atoms with Crippen molar-refractivity contribution in [3.8, 4) is 5.82 Å². The first-order valence-corrected chi connectivity index (χ1v) is 9.18. The molecule has 2 N–H and O–H groups in total. The van der Waals surface area contributed by atoms with E-state index in [9.17, 15) is 17.6 Å². The molecular weight excluding hydrogens is 400 g/mol. The van der Waals surface area contributed by atoms with E-state index in [1.807, 2.05) is 19.1 Å². The van der Waals surface area contributed by atoms with Gasteiger partial charge in [0, 0.05) is 31.7 Å². The Hall–Kier alpha value is -3.43. The van der Waals surface area contributed by atoms with Crippen LogP contribution in [-0.2, 0) is 19.3 Å². The number of aliphatic imine (C=N–C) groups is 1. The minimum Gasteiger partial charge on any atom is -0.357 e. The summed E-state index contributed by atoms with van der Waals surface area (Å²) < 4.78 is 54.5. The Kier molecular flexibility index (Phi) is 6.65. The third-order valence-corrected chi connectivity index (χ3v) is 4.17. The van der Waals surface area contributed by atoms with Gasteiger partial charge in [0.2, 0.25) is 0 Å². The molecule has 0 fully saturated rings. The SMILES string of the molecule is CCNC(=NCc1ccc(-n2ccnc2)nc1)NCc1ccc(F)cc1C(F)(F)F. The molecule has 0 bridgehead atoms. The van der Waals surface area contributed by atoms with Crippen molar-refractivity contribution in [3.05, 3.63) is 77.8 Å². The van der Waals surface area contributed by atoms with Crippen LogP contribution in [0.1, 0.15) is 23.6 Å². The number of pyridine rings is 1. The first kappa shape index (κ1) is 21.3. The van der Waals surface area contributed by atoms with Gasteiger partial charge >= 0.3 is 6.18 Å². The van der Waals surface area contributed by atoms with E-state index in [1.165, 1.54) is 0 Å². The van der Waals surface area contributed by atoms with Crippen LogP contribution >= 0.6 is 0 Å². The Bertz CT molecular complexity index is 982. The van der Waals surface area contributed by atoms with Gasteiger partial charge in [0.05, 0.1) is 12.1 Å². The molecule has 1 aromatic carbocycles. The van der Waals surface area contributed by atoms with Gasteiger partial charge in [-0.1, -0.05) is 12.1 Å². The standard InChI is InChI=1S/C20H20F4N6/c1-2-26-19(29-12-15-4-5-16(21)9-17(15)20(22,23)24)28-11-14-3-6-18(27-10-14)30-8-7-25-13-30/h3-10,13H,2,11-12H2,1H3,(H2,26,28,29). The molecule has 0 saturated carbocycles. The Morgan fingerprint density at radius 3 is 2.63 bits per heavy atom. The number of benzene rings is 1. The summed E-state index contributed by atoms with van der Waals surface area (Å²) in [6.45, 7) is 2.50. The van der Waals surface area contributed by atoms with E-state index in [4.69, 9.17) is 0 Å². The normalized spacial score (nSPS) is 12.1. The zero-order valence-corrected chi connectivity index (χ0v) is 16.1. The number of aromatic nitrogens is 3. The summed E-state index contributed by atoms with van der Waals surface area (Å²) in [5, 5.41) is 5.83. The molecule has 0 amide bonds. The molecule has 0 radical (unpaired) electrons.